The Morgan fingerprint density at radius 2 is 1.62 bits per heavy atom. The molecule has 0 aliphatic rings. The van der Waals surface area contributed by atoms with Gasteiger partial charge in [0.15, 0.2) is 5.82 Å². The number of aromatic nitrogens is 2. The summed E-state index contributed by atoms with van der Waals surface area (Å²) in [5.41, 5.74) is 8.22. The molecule has 0 spiro atoms. The zero-order valence-electron chi connectivity index (χ0n) is 13.6. The van der Waals surface area contributed by atoms with Gasteiger partial charge in [0.05, 0.1) is 16.9 Å². The molecule has 6 heteroatoms. The van der Waals surface area contributed by atoms with Crippen LogP contribution < -0.4 is 11.1 Å². The van der Waals surface area contributed by atoms with Crippen molar-refractivity contribution in [2.24, 2.45) is 0 Å². The van der Waals surface area contributed by atoms with Crippen molar-refractivity contribution in [3.05, 3.63) is 78.4 Å². The van der Waals surface area contributed by atoms with Crippen LogP contribution in [0, 0.1) is 11.6 Å². The quantitative estimate of drug-likeness (QED) is 0.517. The number of hydrogen-bond acceptors (Lipinski definition) is 4. The molecule has 4 rings (SSSR count). The molecule has 3 aromatic carbocycles. The zero-order chi connectivity index (χ0) is 18.1. The molecule has 0 unspecified atom stereocenters. The number of benzene rings is 3. The fraction of sp³-hybridized carbons (Fsp3) is 0. The maximum atomic E-state index is 13.8. The topological polar surface area (TPSA) is 63.8 Å². The molecule has 26 heavy (non-hydrogen) atoms. The Bertz CT molecular complexity index is 1110. The molecule has 0 aliphatic heterocycles. The summed E-state index contributed by atoms with van der Waals surface area (Å²) in [6, 6.07) is 17.4. The SMILES string of the molecule is Nc1ccccc1Nc1nc(-c2cccc(F)c2)nc2ccc(F)cc12. The van der Waals surface area contributed by atoms with Gasteiger partial charge in [0.1, 0.15) is 17.5 Å². The van der Waals surface area contributed by atoms with Crippen LogP contribution in [0.2, 0.25) is 0 Å². The summed E-state index contributed by atoms with van der Waals surface area (Å²) in [4.78, 5) is 8.92. The minimum atomic E-state index is -0.399. The van der Waals surface area contributed by atoms with Gasteiger partial charge in [-0.1, -0.05) is 24.3 Å². The molecule has 4 aromatic rings. The van der Waals surface area contributed by atoms with Crippen LogP contribution in [0.3, 0.4) is 0 Å². The maximum Gasteiger partial charge on any atom is 0.162 e. The molecule has 3 N–H and O–H groups in total. The van der Waals surface area contributed by atoms with Crippen LogP contribution in [0.5, 0.6) is 0 Å². The Morgan fingerprint density at radius 3 is 2.42 bits per heavy atom. The fourth-order valence-corrected chi connectivity index (χ4v) is 2.69. The van der Waals surface area contributed by atoms with Gasteiger partial charge < -0.3 is 11.1 Å². The summed E-state index contributed by atoms with van der Waals surface area (Å²) >= 11 is 0. The average Bonchev–Trinajstić information content (AvgIpc) is 2.64. The summed E-state index contributed by atoms with van der Waals surface area (Å²) < 4.78 is 27.3. The molecular formula is C20H14F2N4. The highest BCUT2D eigenvalue weighted by atomic mass is 19.1. The largest absolute Gasteiger partial charge is 0.397 e. The molecule has 0 amide bonds. The van der Waals surface area contributed by atoms with Crippen molar-refractivity contribution >= 4 is 28.1 Å². The third kappa shape index (κ3) is 3.04. The highest BCUT2D eigenvalue weighted by molar-refractivity contribution is 5.93. The summed E-state index contributed by atoms with van der Waals surface area (Å²) in [6.07, 6.45) is 0. The first-order valence-corrected chi connectivity index (χ1v) is 7.95. The van der Waals surface area contributed by atoms with Gasteiger partial charge in [-0.05, 0) is 42.5 Å². The minimum Gasteiger partial charge on any atom is -0.397 e. The first kappa shape index (κ1) is 16.0. The number of fused-ring (bicyclic) bond motifs is 1. The van der Waals surface area contributed by atoms with Gasteiger partial charge in [-0.15, -0.1) is 0 Å². The Hall–Kier alpha value is -3.54. The maximum absolute atomic E-state index is 13.8. The van der Waals surface area contributed by atoms with Crippen molar-refractivity contribution in [3.63, 3.8) is 0 Å². The van der Waals surface area contributed by atoms with Crippen LogP contribution in [0.25, 0.3) is 22.3 Å². The Kier molecular flexibility index (Phi) is 3.93. The summed E-state index contributed by atoms with van der Waals surface area (Å²) in [7, 11) is 0. The van der Waals surface area contributed by atoms with Gasteiger partial charge in [0.2, 0.25) is 0 Å². The average molecular weight is 348 g/mol. The van der Waals surface area contributed by atoms with E-state index in [1.54, 1.807) is 30.3 Å². The van der Waals surface area contributed by atoms with Crippen LogP contribution in [0.1, 0.15) is 0 Å². The summed E-state index contributed by atoms with van der Waals surface area (Å²) in [5.74, 6) is -0.0527. The van der Waals surface area contributed by atoms with Crippen molar-refractivity contribution in [2.45, 2.75) is 0 Å². The first-order chi connectivity index (χ1) is 12.6. The number of halogens is 2. The number of nitrogens with two attached hydrogens (primary N) is 1. The molecule has 128 valence electrons. The highest BCUT2D eigenvalue weighted by Gasteiger charge is 2.12. The van der Waals surface area contributed by atoms with Gasteiger partial charge >= 0.3 is 0 Å². The van der Waals surface area contributed by atoms with E-state index in [1.165, 1.54) is 24.3 Å². The predicted octanol–water partition coefficient (Wildman–Crippen LogP) is 4.90. The zero-order valence-corrected chi connectivity index (χ0v) is 13.6. The number of anilines is 3. The molecule has 0 radical (unpaired) electrons. The smallest absolute Gasteiger partial charge is 0.162 e. The van der Waals surface area contributed by atoms with Gasteiger partial charge in [-0.3, -0.25) is 0 Å². The van der Waals surface area contributed by atoms with E-state index < -0.39 is 5.82 Å². The van der Waals surface area contributed by atoms with Crippen molar-refractivity contribution in [3.8, 4) is 11.4 Å². The van der Waals surface area contributed by atoms with Crippen LogP contribution >= 0.6 is 0 Å². The molecule has 4 nitrogen and oxygen atoms in total. The van der Waals surface area contributed by atoms with Gasteiger partial charge in [0.25, 0.3) is 0 Å². The number of nitrogen functional groups attached to an aromatic ring is 1. The molecule has 0 aliphatic carbocycles. The fourth-order valence-electron chi connectivity index (χ4n) is 2.69. The standard InChI is InChI=1S/C20H14F2N4/c21-13-5-3-4-12(10-13)19-24-17-9-8-14(22)11-15(17)20(26-19)25-18-7-2-1-6-16(18)23/h1-11H,23H2,(H,24,25,26). The van der Waals surface area contributed by atoms with E-state index in [2.05, 4.69) is 15.3 Å². The van der Waals surface area contributed by atoms with Crippen molar-refractivity contribution in [1.29, 1.82) is 0 Å². The van der Waals surface area contributed by atoms with E-state index >= 15 is 0 Å². The number of para-hydroxylation sites is 2. The monoisotopic (exact) mass is 348 g/mol. The molecule has 0 bridgehead atoms. The summed E-state index contributed by atoms with van der Waals surface area (Å²) in [6.45, 7) is 0. The van der Waals surface area contributed by atoms with Crippen LogP contribution in [-0.4, -0.2) is 9.97 Å². The Labute approximate surface area is 148 Å². The highest BCUT2D eigenvalue weighted by Crippen LogP contribution is 2.30. The molecule has 0 fully saturated rings. The second kappa shape index (κ2) is 6.40. The lowest BCUT2D eigenvalue weighted by atomic mass is 10.1. The Morgan fingerprint density at radius 1 is 0.808 bits per heavy atom. The molecule has 0 saturated heterocycles. The van der Waals surface area contributed by atoms with E-state index in [-0.39, 0.29) is 5.82 Å². The molecule has 1 heterocycles. The Balaban J connectivity index is 1.91. The van der Waals surface area contributed by atoms with Gasteiger partial charge in [0, 0.05) is 10.9 Å². The van der Waals surface area contributed by atoms with E-state index in [9.17, 15) is 8.78 Å². The van der Waals surface area contributed by atoms with Gasteiger partial charge in [-0.25, -0.2) is 18.7 Å². The number of nitrogens with one attached hydrogen (secondary N) is 1. The number of rotatable bonds is 3. The lowest BCUT2D eigenvalue weighted by Gasteiger charge is -2.12. The van der Waals surface area contributed by atoms with Crippen molar-refractivity contribution in [2.75, 3.05) is 11.1 Å². The molecule has 0 atom stereocenters. The van der Waals surface area contributed by atoms with Gasteiger partial charge in [-0.2, -0.15) is 0 Å². The molecule has 0 saturated carbocycles. The lowest BCUT2D eigenvalue weighted by molar-refractivity contribution is 0.628. The second-order valence-electron chi connectivity index (χ2n) is 5.78. The van der Waals surface area contributed by atoms with E-state index in [4.69, 9.17) is 5.73 Å². The molecular weight excluding hydrogens is 334 g/mol. The van der Waals surface area contributed by atoms with Crippen LogP contribution in [0.4, 0.5) is 26.0 Å². The first-order valence-electron chi connectivity index (χ1n) is 7.95. The van der Waals surface area contributed by atoms with Crippen molar-refractivity contribution in [1.82, 2.24) is 9.97 Å². The number of hydrogen-bond donors (Lipinski definition) is 2. The third-order valence-electron chi connectivity index (χ3n) is 3.95. The number of nitrogens with zero attached hydrogens (tertiary/aromatic N) is 2. The summed E-state index contributed by atoms with van der Waals surface area (Å²) in [5, 5.41) is 3.64. The van der Waals surface area contributed by atoms with Crippen LogP contribution in [-0.2, 0) is 0 Å². The van der Waals surface area contributed by atoms with E-state index in [0.717, 1.165) is 0 Å². The predicted molar refractivity (Wildman–Crippen MR) is 99.0 cm³/mol. The molecule has 1 aromatic heterocycles. The third-order valence-corrected chi connectivity index (χ3v) is 3.95. The van der Waals surface area contributed by atoms with E-state index in [0.29, 0.717) is 39.5 Å². The second-order valence-corrected chi connectivity index (χ2v) is 5.78. The normalized spacial score (nSPS) is 10.8. The van der Waals surface area contributed by atoms with Crippen LogP contribution in [0.15, 0.2) is 66.7 Å². The van der Waals surface area contributed by atoms with E-state index in [1.807, 2.05) is 12.1 Å². The minimum absolute atomic E-state index is 0.334. The lowest BCUT2D eigenvalue weighted by Crippen LogP contribution is -2.02. The van der Waals surface area contributed by atoms with Crippen molar-refractivity contribution < 1.29 is 8.78 Å².